The van der Waals surface area contributed by atoms with Crippen LogP contribution in [0.5, 0.6) is 5.75 Å². The SMILES string of the molecule is CC[C@@H](C)N(CC(=O)N1CCc2sccc2[C@@H]1COc1cccc(F)c1)C(=O)Nc1cccc(Cl)c1. The zero-order chi connectivity index (χ0) is 25.7. The fraction of sp³-hybridized carbons (Fsp3) is 0.333. The van der Waals surface area contributed by atoms with Gasteiger partial charge in [-0.15, -0.1) is 11.3 Å². The van der Waals surface area contributed by atoms with E-state index in [1.54, 1.807) is 57.5 Å². The zero-order valence-corrected chi connectivity index (χ0v) is 21.8. The molecule has 0 radical (unpaired) electrons. The molecule has 1 N–H and O–H groups in total. The molecule has 4 rings (SSSR count). The van der Waals surface area contributed by atoms with Crippen LogP contribution in [0.4, 0.5) is 14.9 Å². The van der Waals surface area contributed by atoms with Crippen molar-refractivity contribution >= 4 is 40.6 Å². The summed E-state index contributed by atoms with van der Waals surface area (Å²) >= 11 is 7.71. The molecule has 36 heavy (non-hydrogen) atoms. The lowest BCUT2D eigenvalue weighted by atomic mass is 10.00. The molecular weight excluding hydrogens is 501 g/mol. The monoisotopic (exact) mass is 529 g/mol. The first-order valence-corrected chi connectivity index (χ1v) is 13.2. The number of amides is 3. The fourth-order valence-electron chi connectivity index (χ4n) is 4.25. The lowest BCUT2D eigenvalue weighted by Crippen LogP contribution is -2.50. The van der Waals surface area contributed by atoms with Crippen LogP contribution in [-0.2, 0) is 11.2 Å². The Hall–Kier alpha value is -3.10. The molecule has 3 amide bonds. The summed E-state index contributed by atoms with van der Waals surface area (Å²) in [5.41, 5.74) is 1.60. The van der Waals surface area contributed by atoms with Gasteiger partial charge in [0.05, 0.1) is 6.04 Å². The number of urea groups is 1. The Morgan fingerprint density at radius 3 is 2.81 bits per heavy atom. The molecule has 2 heterocycles. The van der Waals surface area contributed by atoms with E-state index in [9.17, 15) is 14.0 Å². The first-order valence-electron chi connectivity index (χ1n) is 11.9. The number of nitrogens with zero attached hydrogens (tertiary/aromatic N) is 2. The van der Waals surface area contributed by atoms with E-state index in [0.29, 0.717) is 29.4 Å². The Kier molecular flexibility index (Phi) is 8.48. The van der Waals surface area contributed by atoms with Crippen LogP contribution in [0.15, 0.2) is 60.0 Å². The molecule has 0 unspecified atom stereocenters. The lowest BCUT2D eigenvalue weighted by molar-refractivity contribution is -0.135. The Labute approximate surface area is 219 Å². The summed E-state index contributed by atoms with van der Waals surface area (Å²) in [4.78, 5) is 31.3. The van der Waals surface area contributed by atoms with Crippen LogP contribution >= 0.6 is 22.9 Å². The molecule has 190 valence electrons. The number of ether oxygens (including phenoxy) is 1. The molecule has 9 heteroatoms. The molecule has 1 aliphatic rings. The molecule has 6 nitrogen and oxygen atoms in total. The summed E-state index contributed by atoms with van der Waals surface area (Å²) in [6.07, 6.45) is 1.43. The Morgan fingerprint density at radius 2 is 2.06 bits per heavy atom. The number of fused-ring (bicyclic) bond motifs is 1. The summed E-state index contributed by atoms with van der Waals surface area (Å²) in [5.74, 6) is -0.136. The highest BCUT2D eigenvalue weighted by molar-refractivity contribution is 7.10. The van der Waals surface area contributed by atoms with E-state index in [4.69, 9.17) is 16.3 Å². The molecule has 0 spiro atoms. The molecule has 3 aromatic rings. The van der Waals surface area contributed by atoms with Gasteiger partial charge in [0.1, 0.15) is 24.7 Å². The maximum Gasteiger partial charge on any atom is 0.322 e. The average molecular weight is 530 g/mol. The van der Waals surface area contributed by atoms with Gasteiger partial charge in [-0.1, -0.05) is 30.7 Å². The summed E-state index contributed by atoms with van der Waals surface area (Å²) in [6.45, 7) is 4.54. The number of anilines is 1. The number of carbonyl (C=O) groups excluding carboxylic acids is 2. The minimum atomic E-state index is -0.379. The highest BCUT2D eigenvalue weighted by Crippen LogP contribution is 2.34. The molecule has 0 saturated heterocycles. The second-order valence-electron chi connectivity index (χ2n) is 8.75. The highest BCUT2D eigenvalue weighted by Gasteiger charge is 2.34. The molecule has 0 fully saturated rings. The number of thiophene rings is 1. The van der Waals surface area contributed by atoms with E-state index < -0.39 is 0 Å². The van der Waals surface area contributed by atoms with Gasteiger partial charge < -0.3 is 19.9 Å². The van der Waals surface area contributed by atoms with Crippen LogP contribution in [0, 0.1) is 5.82 Å². The third-order valence-electron chi connectivity index (χ3n) is 6.38. The maximum absolute atomic E-state index is 13.6. The predicted octanol–water partition coefficient (Wildman–Crippen LogP) is 6.38. The molecule has 0 aliphatic carbocycles. The average Bonchev–Trinajstić information content (AvgIpc) is 3.34. The summed E-state index contributed by atoms with van der Waals surface area (Å²) in [6, 6.07) is 14.0. The lowest BCUT2D eigenvalue weighted by Gasteiger charge is -2.38. The smallest absolute Gasteiger partial charge is 0.322 e. The molecule has 0 bridgehead atoms. The van der Waals surface area contributed by atoms with E-state index in [0.717, 1.165) is 12.0 Å². The number of nitrogens with one attached hydrogen (secondary N) is 1. The van der Waals surface area contributed by atoms with Gasteiger partial charge in [-0.25, -0.2) is 9.18 Å². The van der Waals surface area contributed by atoms with Crippen molar-refractivity contribution in [2.75, 3.05) is 25.0 Å². The number of carbonyl (C=O) groups is 2. The number of halogens is 2. The van der Waals surface area contributed by atoms with Crippen LogP contribution < -0.4 is 10.1 Å². The van der Waals surface area contributed by atoms with Gasteiger partial charge >= 0.3 is 6.03 Å². The zero-order valence-electron chi connectivity index (χ0n) is 20.2. The number of hydrogen-bond donors (Lipinski definition) is 1. The molecule has 2 aromatic carbocycles. The summed E-state index contributed by atoms with van der Waals surface area (Å²) in [7, 11) is 0. The van der Waals surface area contributed by atoms with Gasteiger partial charge in [0.2, 0.25) is 5.91 Å². The van der Waals surface area contributed by atoms with Gasteiger partial charge in [-0.05, 0) is 67.1 Å². The molecule has 0 saturated carbocycles. The van der Waals surface area contributed by atoms with Crippen LogP contribution in [0.25, 0.3) is 0 Å². The summed E-state index contributed by atoms with van der Waals surface area (Å²) < 4.78 is 19.5. The van der Waals surface area contributed by atoms with Crippen molar-refractivity contribution < 1.29 is 18.7 Å². The van der Waals surface area contributed by atoms with Crippen molar-refractivity contribution in [3.8, 4) is 5.75 Å². The maximum atomic E-state index is 13.6. The van der Waals surface area contributed by atoms with E-state index in [-0.39, 0.29) is 43.0 Å². The first-order chi connectivity index (χ1) is 17.4. The molecular formula is C27H29ClFN3O3S. The standard InChI is InChI=1S/C27H29ClFN3O3S/c1-3-18(2)32(27(34)30-21-8-4-6-19(28)14-21)16-26(33)31-12-10-25-23(11-13-36-25)24(31)17-35-22-9-5-7-20(29)15-22/h4-9,11,13-15,18,24H,3,10,12,16-17H2,1-2H3,(H,30,34)/t18-,24+/m1/s1. The van der Waals surface area contributed by atoms with Crippen LogP contribution in [-0.4, -0.2) is 47.5 Å². The van der Waals surface area contributed by atoms with E-state index in [2.05, 4.69) is 5.32 Å². The van der Waals surface area contributed by atoms with Crippen molar-refractivity contribution in [2.24, 2.45) is 0 Å². The fourth-order valence-corrected chi connectivity index (χ4v) is 5.37. The second kappa shape index (κ2) is 11.8. The number of benzene rings is 2. The molecule has 1 aliphatic heterocycles. The first kappa shape index (κ1) is 26.0. The van der Waals surface area contributed by atoms with Gasteiger partial charge in [-0.3, -0.25) is 4.79 Å². The Balaban J connectivity index is 1.51. The summed E-state index contributed by atoms with van der Waals surface area (Å²) in [5, 5.41) is 5.38. The van der Waals surface area contributed by atoms with E-state index >= 15 is 0 Å². The Bertz CT molecular complexity index is 1220. The van der Waals surface area contributed by atoms with Crippen molar-refractivity contribution in [3.63, 3.8) is 0 Å². The van der Waals surface area contributed by atoms with E-state index in [1.165, 1.54) is 17.0 Å². The van der Waals surface area contributed by atoms with Gasteiger partial charge in [0.25, 0.3) is 0 Å². The normalized spacial score (nSPS) is 15.7. The number of rotatable bonds is 8. The number of hydrogen-bond acceptors (Lipinski definition) is 4. The van der Waals surface area contributed by atoms with Gasteiger partial charge in [-0.2, -0.15) is 0 Å². The minimum Gasteiger partial charge on any atom is -0.491 e. The molecule has 2 atom stereocenters. The highest BCUT2D eigenvalue weighted by atomic mass is 35.5. The van der Waals surface area contributed by atoms with Crippen molar-refractivity contribution in [2.45, 2.75) is 38.8 Å². The van der Waals surface area contributed by atoms with Crippen molar-refractivity contribution in [1.82, 2.24) is 9.80 Å². The predicted molar refractivity (Wildman–Crippen MR) is 141 cm³/mol. The second-order valence-corrected chi connectivity index (χ2v) is 10.2. The van der Waals surface area contributed by atoms with Crippen LogP contribution in [0.1, 0.15) is 36.8 Å². The topological polar surface area (TPSA) is 61.9 Å². The Morgan fingerprint density at radius 1 is 1.25 bits per heavy atom. The third kappa shape index (κ3) is 6.17. The van der Waals surface area contributed by atoms with E-state index in [1.807, 2.05) is 25.3 Å². The third-order valence-corrected chi connectivity index (χ3v) is 7.62. The van der Waals surface area contributed by atoms with Gasteiger partial charge in [0.15, 0.2) is 0 Å². The quantitative estimate of drug-likeness (QED) is 0.368. The van der Waals surface area contributed by atoms with Crippen molar-refractivity contribution in [3.05, 3.63) is 81.3 Å². The molecule has 1 aromatic heterocycles. The van der Waals surface area contributed by atoms with Crippen LogP contribution in [0.3, 0.4) is 0 Å². The largest absolute Gasteiger partial charge is 0.491 e. The minimum absolute atomic E-state index is 0.0721. The van der Waals surface area contributed by atoms with Crippen LogP contribution in [0.2, 0.25) is 5.02 Å². The van der Waals surface area contributed by atoms with Gasteiger partial charge in [0, 0.05) is 34.2 Å². The van der Waals surface area contributed by atoms with Crippen molar-refractivity contribution in [1.29, 1.82) is 0 Å².